The fraction of sp³-hybridized carbons (Fsp3) is 0.550. The number of primary amides is 1. The number of benzene rings is 1. The van der Waals surface area contributed by atoms with Crippen molar-refractivity contribution in [2.45, 2.75) is 44.6 Å². The molecular formula is C20H21F4N3O3. The lowest BCUT2D eigenvalue weighted by molar-refractivity contribution is -0.136. The van der Waals surface area contributed by atoms with E-state index in [4.69, 9.17) is 5.73 Å². The predicted octanol–water partition coefficient (Wildman–Crippen LogP) is 3.08. The first-order valence-corrected chi connectivity index (χ1v) is 9.82. The minimum absolute atomic E-state index is 0.197. The molecule has 10 heteroatoms. The van der Waals surface area contributed by atoms with Crippen LogP contribution in [0.25, 0.3) is 0 Å². The Labute approximate surface area is 169 Å². The van der Waals surface area contributed by atoms with Crippen LogP contribution in [-0.4, -0.2) is 17.8 Å². The monoisotopic (exact) mass is 427 g/mol. The van der Waals surface area contributed by atoms with E-state index in [0.717, 1.165) is 6.42 Å². The summed E-state index contributed by atoms with van der Waals surface area (Å²) in [5.74, 6) is -4.15. The topological polar surface area (TPSA) is 101 Å². The van der Waals surface area contributed by atoms with E-state index in [-0.39, 0.29) is 18.3 Å². The van der Waals surface area contributed by atoms with Crippen molar-refractivity contribution < 1.29 is 31.9 Å². The second-order valence-corrected chi connectivity index (χ2v) is 8.47. The van der Waals surface area contributed by atoms with Crippen LogP contribution >= 0.6 is 0 Å². The first-order valence-electron chi connectivity index (χ1n) is 9.82. The van der Waals surface area contributed by atoms with Crippen molar-refractivity contribution in [2.24, 2.45) is 28.9 Å². The van der Waals surface area contributed by atoms with E-state index in [0.29, 0.717) is 31.4 Å². The minimum atomic E-state index is -3.01. The Kier molecular flexibility index (Phi) is 4.98. The van der Waals surface area contributed by atoms with Crippen LogP contribution in [0.3, 0.4) is 0 Å². The summed E-state index contributed by atoms with van der Waals surface area (Å²) in [7, 11) is 0. The highest BCUT2D eigenvalue weighted by Crippen LogP contribution is 2.71. The Morgan fingerprint density at radius 2 is 1.73 bits per heavy atom. The zero-order valence-corrected chi connectivity index (χ0v) is 15.9. The van der Waals surface area contributed by atoms with Crippen molar-refractivity contribution in [3.63, 3.8) is 0 Å². The van der Waals surface area contributed by atoms with Crippen molar-refractivity contribution in [3.05, 3.63) is 34.9 Å². The number of hydrogen-bond acceptors (Lipinski definition) is 3. The largest absolute Gasteiger partial charge is 0.351 e. The third-order valence-corrected chi connectivity index (χ3v) is 6.81. The number of carbonyl (C=O) groups excluding carboxylic acids is 3. The summed E-state index contributed by atoms with van der Waals surface area (Å²) in [5.41, 5.74) is 3.01. The van der Waals surface area contributed by atoms with Crippen LogP contribution in [0.4, 0.5) is 22.4 Å². The van der Waals surface area contributed by atoms with Crippen LogP contribution in [-0.2, 0) is 9.59 Å². The van der Waals surface area contributed by atoms with E-state index in [9.17, 15) is 31.9 Å². The molecule has 1 aromatic carbocycles. The van der Waals surface area contributed by atoms with Gasteiger partial charge in [0.05, 0.1) is 11.5 Å². The van der Waals surface area contributed by atoms with Crippen LogP contribution in [0.5, 0.6) is 0 Å². The molecule has 4 amide bonds. The van der Waals surface area contributed by atoms with Gasteiger partial charge in [0, 0.05) is 17.0 Å². The highest BCUT2D eigenvalue weighted by molar-refractivity contribution is 6.01. The first kappa shape index (κ1) is 20.6. The van der Waals surface area contributed by atoms with Crippen molar-refractivity contribution in [1.29, 1.82) is 0 Å². The van der Waals surface area contributed by atoms with Gasteiger partial charge >= 0.3 is 6.03 Å². The van der Waals surface area contributed by atoms with Crippen LogP contribution in [0, 0.1) is 34.8 Å². The van der Waals surface area contributed by atoms with Crippen LogP contribution in [0.1, 0.15) is 55.7 Å². The Balaban J connectivity index is 1.49. The van der Waals surface area contributed by atoms with Gasteiger partial charge in [0.25, 0.3) is 6.43 Å². The maximum atomic E-state index is 14.5. The lowest BCUT2D eigenvalue weighted by Gasteiger charge is -2.38. The molecular weight excluding hydrogens is 406 g/mol. The molecule has 1 unspecified atom stereocenters. The summed E-state index contributed by atoms with van der Waals surface area (Å²) in [5, 5.41) is 4.72. The standard InChI is InChI=1S/C20H21F4N3O3/c21-12-4-9(16(23)24)5-13(22)14(12)15(8-2-1-3-8)26-17(28)10-6-20(7-11(10)20)18(29)27-19(25)30/h4-5,8,10-11,15-16H,1-3,6-7H2,(H,26,28)(H3,25,27,29,30)/t10-,11?,15+,20-/m1/s1. The number of rotatable bonds is 6. The van der Waals surface area contributed by atoms with E-state index in [2.05, 4.69) is 5.32 Å². The number of nitrogens with two attached hydrogens (primary N) is 1. The normalized spacial score (nSPS) is 28.0. The predicted molar refractivity (Wildman–Crippen MR) is 95.9 cm³/mol. The highest BCUT2D eigenvalue weighted by Gasteiger charge is 2.73. The fourth-order valence-electron chi connectivity index (χ4n) is 4.82. The van der Waals surface area contributed by atoms with Gasteiger partial charge in [-0.2, -0.15) is 0 Å². The van der Waals surface area contributed by atoms with Gasteiger partial charge < -0.3 is 11.1 Å². The molecule has 3 aliphatic carbocycles. The summed E-state index contributed by atoms with van der Waals surface area (Å²) < 4.78 is 54.7. The fourth-order valence-corrected chi connectivity index (χ4v) is 4.82. The molecule has 4 atom stereocenters. The Hall–Kier alpha value is -2.65. The third kappa shape index (κ3) is 3.31. The van der Waals surface area contributed by atoms with Gasteiger partial charge in [0.1, 0.15) is 11.6 Å². The molecule has 3 saturated carbocycles. The maximum absolute atomic E-state index is 14.5. The summed E-state index contributed by atoms with van der Waals surface area (Å²) in [6, 6.07) is -0.725. The summed E-state index contributed by atoms with van der Waals surface area (Å²) in [6.07, 6.45) is -0.208. The second kappa shape index (κ2) is 7.24. The Morgan fingerprint density at radius 3 is 2.20 bits per heavy atom. The SMILES string of the molecule is NC(=O)NC(=O)[C@]12CC1[C@H](C(=O)N[C@H](c1c(F)cc(C(F)F)cc1F)C1CCC1)C2. The molecule has 4 N–H and O–H groups in total. The average Bonchev–Trinajstić information content (AvgIpc) is 3.16. The molecule has 30 heavy (non-hydrogen) atoms. The highest BCUT2D eigenvalue weighted by atomic mass is 19.3. The van der Waals surface area contributed by atoms with Gasteiger partial charge in [-0.25, -0.2) is 22.4 Å². The number of urea groups is 1. The Bertz CT molecular complexity index is 898. The third-order valence-electron chi connectivity index (χ3n) is 6.81. The molecule has 0 bridgehead atoms. The number of amides is 4. The zero-order chi connectivity index (χ0) is 21.8. The molecule has 162 valence electrons. The van der Waals surface area contributed by atoms with E-state index in [1.807, 2.05) is 5.32 Å². The number of nitrogens with one attached hydrogen (secondary N) is 2. The van der Waals surface area contributed by atoms with Crippen LogP contribution in [0.2, 0.25) is 0 Å². The van der Waals surface area contributed by atoms with Crippen LogP contribution < -0.4 is 16.4 Å². The molecule has 0 aromatic heterocycles. The number of halogens is 4. The van der Waals surface area contributed by atoms with Crippen molar-refractivity contribution in [2.75, 3.05) is 0 Å². The summed E-state index contributed by atoms with van der Waals surface area (Å²) in [4.78, 5) is 35.7. The molecule has 3 aliphatic rings. The van der Waals surface area contributed by atoms with Gasteiger partial charge in [0.2, 0.25) is 11.8 Å². The lowest BCUT2D eigenvalue weighted by Crippen LogP contribution is -2.50. The number of imide groups is 1. The molecule has 3 fully saturated rings. The Morgan fingerprint density at radius 1 is 1.10 bits per heavy atom. The van der Waals surface area contributed by atoms with Crippen molar-refractivity contribution in [1.82, 2.24) is 10.6 Å². The molecule has 0 saturated heterocycles. The quantitative estimate of drug-likeness (QED) is 0.608. The van der Waals surface area contributed by atoms with E-state index >= 15 is 0 Å². The van der Waals surface area contributed by atoms with E-state index in [1.54, 1.807) is 0 Å². The van der Waals surface area contributed by atoms with Gasteiger partial charge in [-0.05, 0) is 49.7 Å². The number of fused-ring (bicyclic) bond motifs is 1. The zero-order valence-electron chi connectivity index (χ0n) is 15.9. The molecule has 0 spiro atoms. The number of alkyl halides is 2. The van der Waals surface area contributed by atoms with Gasteiger partial charge in [-0.15, -0.1) is 0 Å². The first-order chi connectivity index (χ1) is 14.1. The second-order valence-electron chi connectivity index (χ2n) is 8.47. The van der Waals surface area contributed by atoms with Gasteiger partial charge in [0.15, 0.2) is 0 Å². The maximum Gasteiger partial charge on any atom is 0.318 e. The average molecular weight is 427 g/mol. The smallest absolute Gasteiger partial charge is 0.318 e. The molecule has 6 nitrogen and oxygen atoms in total. The molecule has 4 rings (SSSR count). The van der Waals surface area contributed by atoms with E-state index < -0.39 is 64.4 Å². The number of carbonyl (C=O) groups is 3. The molecule has 0 heterocycles. The summed E-state index contributed by atoms with van der Waals surface area (Å²) >= 11 is 0. The number of hydrogen-bond donors (Lipinski definition) is 3. The van der Waals surface area contributed by atoms with Crippen molar-refractivity contribution >= 4 is 17.8 Å². The lowest BCUT2D eigenvalue weighted by atomic mass is 9.72. The molecule has 1 aromatic rings. The van der Waals surface area contributed by atoms with Crippen LogP contribution in [0.15, 0.2) is 12.1 Å². The van der Waals surface area contributed by atoms with Gasteiger partial charge in [-0.3, -0.25) is 14.9 Å². The van der Waals surface area contributed by atoms with Crippen molar-refractivity contribution in [3.8, 4) is 0 Å². The minimum Gasteiger partial charge on any atom is -0.351 e. The molecule has 0 radical (unpaired) electrons. The van der Waals surface area contributed by atoms with Gasteiger partial charge in [-0.1, -0.05) is 6.42 Å². The summed E-state index contributed by atoms with van der Waals surface area (Å²) in [6.45, 7) is 0. The molecule has 0 aliphatic heterocycles. The van der Waals surface area contributed by atoms with E-state index in [1.165, 1.54) is 0 Å².